The molecule has 0 aromatic heterocycles. The molecule has 0 unspecified atom stereocenters. The summed E-state index contributed by atoms with van der Waals surface area (Å²) in [6.07, 6.45) is 0. The van der Waals surface area contributed by atoms with Crippen LogP contribution in [-0.2, 0) is 0 Å². The average molecular weight is 295 g/mol. The van der Waals surface area contributed by atoms with Gasteiger partial charge < -0.3 is 15.7 Å². The molecule has 0 saturated heterocycles. The van der Waals surface area contributed by atoms with Crippen LogP contribution in [0, 0.1) is 18.3 Å². The quantitative estimate of drug-likeness (QED) is 0.809. The molecule has 0 bridgehead atoms. The molecule has 22 heavy (non-hydrogen) atoms. The third-order valence-electron chi connectivity index (χ3n) is 3.01. The predicted molar refractivity (Wildman–Crippen MR) is 81.9 cm³/mol. The summed E-state index contributed by atoms with van der Waals surface area (Å²) in [6, 6.07) is 12.5. The van der Waals surface area contributed by atoms with Gasteiger partial charge in [-0.15, -0.1) is 0 Å². The molecule has 110 valence electrons. The molecule has 2 rings (SSSR count). The van der Waals surface area contributed by atoms with Gasteiger partial charge in [0.15, 0.2) is 0 Å². The minimum Gasteiger partial charge on any atom is -0.478 e. The van der Waals surface area contributed by atoms with E-state index in [-0.39, 0.29) is 11.3 Å². The van der Waals surface area contributed by atoms with Gasteiger partial charge in [0.25, 0.3) is 0 Å². The summed E-state index contributed by atoms with van der Waals surface area (Å²) >= 11 is 0. The highest BCUT2D eigenvalue weighted by atomic mass is 16.4. The van der Waals surface area contributed by atoms with E-state index >= 15 is 0 Å². The lowest BCUT2D eigenvalue weighted by atomic mass is 10.1. The van der Waals surface area contributed by atoms with Crippen molar-refractivity contribution in [3.05, 3.63) is 59.2 Å². The van der Waals surface area contributed by atoms with E-state index in [0.29, 0.717) is 16.8 Å². The normalized spacial score (nSPS) is 9.64. The van der Waals surface area contributed by atoms with Crippen molar-refractivity contribution in [1.29, 1.82) is 5.26 Å². The zero-order valence-electron chi connectivity index (χ0n) is 11.8. The Balaban J connectivity index is 2.15. The molecule has 6 heteroatoms. The van der Waals surface area contributed by atoms with Crippen LogP contribution in [0.1, 0.15) is 21.5 Å². The molecule has 0 saturated carbocycles. The summed E-state index contributed by atoms with van der Waals surface area (Å²) in [5, 5.41) is 23.0. The molecule has 0 aliphatic heterocycles. The Morgan fingerprint density at radius 2 is 1.77 bits per heavy atom. The molecule has 6 nitrogen and oxygen atoms in total. The number of carbonyl (C=O) groups excluding carboxylic acids is 1. The van der Waals surface area contributed by atoms with Crippen molar-refractivity contribution in [2.75, 3.05) is 10.6 Å². The van der Waals surface area contributed by atoms with Crippen molar-refractivity contribution in [2.45, 2.75) is 6.92 Å². The summed E-state index contributed by atoms with van der Waals surface area (Å²) in [6.45, 7) is 1.71. The molecule has 0 aliphatic rings. The third-order valence-corrected chi connectivity index (χ3v) is 3.01. The van der Waals surface area contributed by atoms with E-state index in [0.717, 1.165) is 0 Å². The van der Waals surface area contributed by atoms with Crippen molar-refractivity contribution in [2.24, 2.45) is 0 Å². The second kappa shape index (κ2) is 6.41. The number of benzene rings is 2. The maximum absolute atomic E-state index is 12.0. The molecule has 2 amide bonds. The number of anilines is 2. The van der Waals surface area contributed by atoms with Crippen molar-refractivity contribution < 1.29 is 14.7 Å². The van der Waals surface area contributed by atoms with Crippen LogP contribution in [0.5, 0.6) is 0 Å². The molecule has 0 radical (unpaired) electrons. The number of hydrogen-bond acceptors (Lipinski definition) is 3. The molecule has 3 N–H and O–H groups in total. The Morgan fingerprint density at radius 3 is 2.36 bits per heavy atom. The van der Waals surface area contributed by atoms with Gasteiger partial charge in [-0.05, 0) is 42.8 Å². The first-order valence-corrected chi connectivity index (χ1v) is 6.42. The van der Waals surface area contributed by atoms with E-state index in [1.54, 1.807) is 43.3 Å². The van der Waals surface area contributed by atoms with Crippen LogP contribution in [-0.4, -0.2) is 17.1 Å². The van der Waals surface area contributed by atoms with E-state index in [9.17, 15) is 9.59 Å². The molecular weight excluding hydrogens is 282 g/mol. The zero-order valence-corrected chi connectivity index (χ0v) is 11.8. The Labute approximate surface area is 127 Å². The number of nitriles is 1. The Morgan fingerprint density at radius 1 is 1.09 bits per heavy atom. The highest BCUT2D eigenvalue weighted by Gasteiger charge is 2.14. The van der Waals surface area contributed by atoms with Gasteiger partial charge in [-0.2, -0.15) is 5.26 Å². The van der Waals surface area contributed by atoms with Crippen molar-refractivity contribution in [3.8, 4) is 6.07 Å². The largest absolute Gasteiger partial charge is 0.478 e. The summed E-state index contributed by atoms with van der Waals surface area (Å²) in [7, 11) is 0. The fourth-order valence-corrected chi connectivity index (χ4v) is 1.92. The Hall–Kier alpha value is -3.33. The zero-order chi connectivity index (χ0) is 16.1. The number of para-hydroxylation sites is 1. The lowest BCUT2D eigenvalue weighted by molar-refractivity contribution is 0.0698. The highest BCUT2D eigenvalue weighted by Crippen LogP contribution is 2.21. The first kappa shape index (κ1) is 15.1. The van der Waals surface area contributed by atoms with Crippen molar-refractivity contribution in [1.82, 2.24) is 0 Å². The van der Waals surface area contributed by atoms with Crippen LogP contribution in [0.15, 0.2) is 42.5 Å². The maximum Gasteiger partial charge on any atom is 0.337 e. The first-order chi connectivity index (χ1) is 10.5. The van der Waals surface area contributed by atoms with Gasteiger partial charge >= 0.3 is 12.0 Å². The lowest BCUT2D eigenvalue weighted by Crippen LogP contribution is -2.21. The van der Waals surface area contributed by atoms with Gasteiger partial charge in [0, 0.05) is 5.69 Å². The van der Waals surface area contributed by atoms with E-state index < -0.39 is 12.0 Å². The average Bonchev–Trinajstić information content (AvgIpc) is 2.49. The summed E-state index contributed by atoms with van der Waals surface area (Å²) < 4.78 is 0. The van der Waals surface area contributed by atoms with Gasteiger partial charge in [-0.1, -0.05) is 12.1 Å². The molecule has 2 aromatic rings. The van der Waals surface area contributed by atoms with Crippen LogP contribution >= 0.6 is 0 Å². The number of amides is 2. The smallest absolute Gasteiger partial charge is 0.337 e. The van der Waals surface area contributed by atoms with Crippen molar-refractivity contribution in [3.63, 3.8) is 0 Å². The number of carbonyl (C=O) groups is 2. The molecule has 0 atom stereocenters. The third kappa shape index (κ3) is 3.41. The topological polar surface area (TPSA) is 102 Å². The number of urea groups is 1. The highest BCUT2D eigenvalue weighted by molar-refractivity contribution is 6.05. The van der Waals surface area contributed by atoms with Crippen molar-refractivity contribution >= 4 is 23.4 Å². The number of hydrogen-bond donors (Lipinski definition) is 3. The van der Waals surface area contributed by atoms with E-state index in [4.69, 9.17) is 10.4 Å². The molecule has 0 fully saturated rings. The number of aromatic carboxylic acids is 1. The lowest BCUT2D eigenvalue weighted by Gasteiger charge is -2.12. The summed E-state index contributed by atoms with van der Waals surface area (Å²) in [5.41, 5.74) is 1.91. The number of aryl methyl sites for hydroxylation is 1. The predicted octanol–water partition coefficient (Wildman–Crippen LogP) is 3.21. The van der Waals surface area contributed by atoms with Gasteiger partial charge in [0.2, 0.25) is 0 Å². The Bertz CT molecular complexity index is 761. The van der Waals surface area contributed by atoms with Gasteiger partial charge in [0.05, 0.1) is 22.9 Å². The van der Waals surface area contributed by atoms with Crippen LogP contribution in [0.25, 0.3) is 0 Å². The molecule has 2 aromatic carbocycles. The number of rotatable bonds is 3. The van der Waals surface area contributed by atoms with Gasteiger partial charge in [-0.3, -0.25) is 0 Å². The van der Waals surface area contributed by atoms with Crippen LogP contribution in [0.2, 0.25) is 0 Å². The number of nitrogens with zero attached hydrogens (tertiary/aromatic N) is 1. The monoisotopic (exact) mass is 295 g/mol. The van der Waals surface area contributed by atoms with E-state index in [2.05, 4.69) is 10.6 Å². The van der Waals surface area contributed by atoms with E-state index in [1.165, 1.54) is 6.07 Å². The standard InChI is InChI=1S/C16H13N3O3/c1-10-3-2-4-13(15(20)21)14(10)19-16(22)18-12-7-5-11(9-17)6-8-12/h2-8H,1H3,(H,20,21)(H2,18,19,22). The SMILES string of the molecule is Cc1cccc(C(=O)O)c1NC(=O)Nc1ccc(C#N)cc1. The number of carboxylic acids is 1. The minimum atomic E-state index is -1.11. The molecule has 0 aliphatic carbocycles. The van der Waals surface area contributed by atoms with Crippen LogP contribution in [0.4, 0.5) is 16.2 Å². The first-order valence-electron chi connectivity index (χ1n) is 6.42. The number of nitrogens with one attached hydrogen (secondary N) is 2. The second-order valence-electron chi connectivity index (χ2n) is 4.57. The fourth-order valence-electron chi connectivity index (χ4n) is 1.92. The second-order valence-corrected chi connectivity index (χ2v) is 4.57. The molecule has 0 heterocycles. The fraction of sp³-hybridized carbons (Fsp3) is 0.0625. The van der Waals surface area contributed by atoms with Crippen LogP contribution in [0.3, 0.4) is 0 Å². The Kier molecular flexibility index (Phi) is 4.39. The van der Waals surface area contributed by atoms with Gasteiger partial charge in [-0.25, -0.2) is 9.59 Å². The number of carboxylic acid groups (broad SMARTS) is 1. The van der Waals surface area contributed by atoms with Crippen LogP contribution < -0.4 is 10.6 Å². The molecular formula is C16H13N3O3. The maximum atomic E-state index is 12.0. The van der Waals surface area contributed by atoms with Gasteiger partial charge in [0.1, 0.15) is 0 Å². The summed E-state index contributed by atoms with van der Waals surface area (Å²) in [5.74, 6) is -1.11. The molecule has 0 spiro atoms. The summed E-state index contributed by atoms with van der Waals surface area (Å²) in [4.78, 5) is 23.2. The van der Waals surface area contributed by atoms with E-state index in [1.807, 2.05) is 6.07 Å². The minimum absolute atomic E-state index is 0.0231.